The number of aryl methyl sites for hydroxylation is 2. The van der Waals surface area contributed by atoms with Crippen molar-refractivity contribution in [2.75, 3.05) is 6.54 Å². The Hall–Kier alpha value is -1.38. The van der Waals surface area contributed by atoms with Crippen LogP contribution in [0.15, 0.2) is 21.9 Å². The van der Waals surface area contributed by atoms with Gasteiger partial charge in [-0.3, -0.25) is 0 Å². The van der Waals surface area contributed by atoms with E-state index in [9.17, 15) is 8.42 Å². The van der Waals surface area contributed by atoms with Gasteiger partial charge in [-0.25, -0.2) is 13.4 Å². The standard InChI is InChI=1S/C12H15ClN4O3S/c1-8-6-10(20-15-8)9-4-3-5-17(9)21(18,19)12-11(13)16(2)7-14-12/h6-7,9H,3-5H2,1-2H3. The van der Waals surface area contributed by atoms with Crippen molar-refractivity contribution in [2.45, 2.75) is 30.8 Å². The minimum absolute atomic E-state index is 0.106. The summed E-state index contributed by atoms with van der Waals surface area (Å²) in [7, 11) is -2.11. The molecule has 1 unspecified atom stereocenters. The van der Waals surface area contributed by atoms with Crippen molar-refractivity contribution in [3.63, 3.8) is 0 Å². The topological polar surface area (TPSA) is 81.2 Å². The highest BCUT2D eigenvalue weighted by molar-refractivity contribution is 7.89. The summed E-state index contributed by atoms with van der Waals surface area (Å²) in [4.78, 5) is 3.92. The average Bonchev–Trinajstić information content (AvgIpc) is 3.11. The van der Waals surface area contributed by atoms with E-state index in [0.29, 0.717) is 18.7 Å². The Morgan fingerprint density at radius 3 is 2.81 bits per heavy atom. The zero-order valence-corrected chi connectivity index (χ0v) is 13.2. The maximum absolute atomic E-state index is 12.8. The van der Waals surface area contributed by atoms with Crippen LogP contribution >= 0.6 is 11.6 Å². The molecule has 2 aromatic heterocycles. The van der Waals surface area contributed by atoms with Gasteiger partial charge in [0.2, 0.25) is 5.03 Å². The molecular weight excluding hydrogens is 316 g/mol. The number of nitrogens with zero attached hydrogens (tertiary/aromatic N) is 4. The number of imidazole rings is 1. The third-order valence-corrected chi connectivity index (χ3v) is 5.97. The highest BCUT2D eigenvalue weighted by Gasteiger charge is 2.40. The molecule has 0 saturated carbocycles. The summed E-state index contributed by atoms with van der Waals surface area (Å²) in [5.41, 5.74) is 0.727. The smallest absolute Gasteiger partial charge is 0.264 e. The number of rotatable bonds is 3. The van der Waals surface area contributed by atoms with E-state index in [-0.39, 0.29) is 16.2 Å². The molecule has 0 radical (unpaired) electrons. The molecule has 1 fully saturated rings. The number of aromatic nitrogens is 3. The highest BCUT2D eigenvalue weighted by Crippen LogP contribution is 2.37. The van der Waals surface area contributed by atoms with E-state index in [0.717, 1.165) is 12.1 Å². The average molecular weight is 331 g/mol. The summed E-state index contributed by atoms with van der Waals surface area (Å²) in [6, 6.07) is 1.41. The molecule has 0 N–H and O–H groups in total. The first-order valence-electron chi connectivity index (χ1n) is 6.53. The quantitative estimate of drug-likeness (QED) is 0.858. The summed E-state index contributed by atoms with van der Waals surface area (Å²) in [6.07, 6.45) is 2.84. The molecule has 3 rings (SSSR count). The lowest BCUT2D eigenvalue weighted by Crippen LogP contribution is -2.31. The van der Waals surface area contributed by atoms with Gasteiger partial charge in [-0.1, -0.05) is 16.8 Å². The molecule has 1 atom stereocenters. The Morgan fingerprint density at radius 1 is 1.48 bits per heavy atom. The van der Waals surface area contributed by atoms with E-state index >= 15 is 0 Å². The van der Waals surface area contributed by atoms with E-state index in [1.165, 1.54) is 15.2 Å². The largest absolute Gasteiger partial charge is 0.359 e. The van der Waals surface area contributed by atoms with Gasteiger partial charge in [0, 0.05) is 19.7 Å². The Balaban J connectivity index is 2.00. The lowest BCUT2D eigenvalue weighted by Gasteiger charge is -2.21. The Labute approximate surface area is 127 Å². The highest BCUT2D eigenvalue weighted by atomic mass is 35.5. The molecule has 2 aromatic rings. The molecule has 3 heterocycles. The van der Waals surface area contributed by atoms with Crippen molar-refractivity contribution in [1.29, 1.82) is 0 Å². The maximum Gasteiger partial charge on any atom is 0.264 e. The molecule has 1 aliphatic rings. The summed E-state index contributed by atoms with van der Waals surface area (Å²) < 4.78 is 33.6. The van der Waals surface area contributed by atoms with Gasteiger partial charge in [0.15, 0.2) is 5.76 Å². The predicted octanol–water partition coefficient (Wildman–Crippen LogP) is 1.90. The van der Waals surface area contributed by atoms with E-state index in [4.69, 9.17) is 16.1 Å². The maximum atomic E-state index is 12.8. The SMILES string of the molecule is Cc1cc(C2CCCN2S(=O)(=O)c2ncn(C)c2Cl)on1. The van der Waals surface area contributed by atoms with Gasteiger partial charge in [-0.05, 0) is 19.8 Å². The first kappa shape index (κ1) is 14.6. The van der Waals surface area contributed by atoms with Crippen LogP contribution < -0.4 is 0 Å². The van der Waals surface area contributed by atoms with Crippen molar-refractivity contribution < 1.29 is 12.9 Å². The van der Waals surface area contributed by atoms with Gasteiger partial charge < -0.3 is 9.09 Å². The van der Waals surface area contributed by atoms with Crippen LogP contribution in [0.2, 0.25) is 5.15 Å². The van der Waals surface area contributed by atoms with Gasteiger partial charge in [0.25, 0.3) is 10.0 Å². The fraction of sp³-hybridized carbons (Fsp3) is 0.500. The molecule has 21 heavy (non-hydrogen) atoms. The zero-order valence-electron chi connectivity index (χ0n) is 11.7. The van der Waals surface area contributed by atoms with Crippen molar-refractivity contribution in [2.24, 2.45) is 7.05 Å². The third-order valence-electron chi connectivity index (χ3n) is 3.57. The summed E-state index contributed by atoms with van der Waals surface area (Å²) in [5.74, 6) is 0.556. The molecule has 0 aliphatic carbocycles. The molecule has 0 spiro atoms. The Kier molecular flexibility index (Phi) is 3.54. The van der Waals surface area contributed by atoms with Gasteiger partial charge in [-0.15, -0.1) is 0 Å². The second kappa shape index (κ2) is 5.11. The predicted molar refractivity (Wildman–Crippen MR) is 75.3 cm³/mol. The fourth-order valence-electron chi connectivity index (χ4n) is 2.53. The molecule has 0 amide bonds. The van der Waals surface area contributed by atoms with Crippen LogP contribution in [-0.2, 0) is 17.1 Å². The van der Waals surface area contributed by atoms with Gasteiger partial charge >= 0.3 is 0 Å². The first-order chi connectivity index (χ1) is 9.91. The lowest BCUT2D eigenvalue weighted by molar-refractivity contribution is 0.296. The Morgan fingerprint density at radius 2 is 2.24 bits per heavy atom. The van der Waals surface area contributed by atoms with E-state index in [1.807, 2.05) is 0 Å². The van der Waals surface area contributed by atoms with Gasteiger partial charge in [-0.2, -0.15) is 4.31 Å². The van der Waals surface area contributed by atoms with E-state index < -0.39 is 10.0 Å². The lowest BCUT2D eigenvalue weighted by atomic mass is 10.2. The van der Waals surface area contributed by atoms with Crippen LogP contribution in [0, 0.1) is 6.92 Å². The second-order valence-corrected chi connectivity index (χ2v) is 7.26. The normalized spacial score (nSPS) is 20.2. The van der Waals surface area contributed by atoms with Crippen LogP contribution in [0.5, 0.6) is 0 Å². The third kappa shape index (κ3) is 2.37. The van der Waals surface area contributed by atoms with Gasteiger partial charge in [0.05, 0.1) is 18.1 Å². The second-order valence-electron chi connectivity index (χ2n) is 5.10. The summed E-state index contributed by atoms with van der Waals surface area (Å²) in [6.45, 7) is 2.22. The van der Waals surface area contributed by atoms with Crippen molar-refractivity contribution >= 4 is 21.6 Å². The van der Waals surface area contributed by atoms with E-state index in [2.05, 4.69) is 10.1 Å². The molecule has 114 valence electrons. The molecule has 0 bridgehead atoms. The van der Waals surface area contributed by atoms with Crippen LogP contribution in [0.25, 0.3) is 0 Å². The first-order valence-corrected chi connectivity index (χ1v) is 8.35. The van der Waals surface area contributed by atoms with Crippen LogP contribution in [0.4, 0.5) is 0 Å². The van der Waals surface area contributed by atoms with Crippen LogP contribution in [-0.4, -0.2) is 34.0 Å². The van der Waals surface area contributed by atoms with E-state index in [1.54, 1.807) is 20.0 Å². The number of hydrogen-bond donors (Lipinski definition) is 0. The number of halogens is 1. The summed E-state index contributed by atoms with van der Waals surface area (Å²) >= 11 is 6.03. The van der Waals surface area contributed by atoms with Crippen LogP contribution in [0.3, 0.4) is 0 Å². The van der Waals surface area contributed by atoms with Crippen molar-refractivity contribution in [1.82, 2.24) is 19.0 Å². The minimum Gasteiger partial charge on any atom is -0.359 e. The summed E-state index contributed by atoms with van der Waals surface area (Å²) in [5, 5.41) is 3.82. The van der Waals surface area contributed by atoms with Gasteiger partial charge in [0.1, 0.15) is 5.15 Å². The molecule has 0 aromatic carbocycles. The monoisotopic (exact) mass is 330 g/mol. The minimum atomic E-state index is -3.75. The van der Waals surface area contributed by atoms with Crippen LogP contribution in [0.1, 0.15) is 30.3 Å². The Bertz CT molecular complexity index is 767. The molecular formula is C12H15ClN4O3S. The number of sulfonamides is 1. The molecule has 1 saturated heterocycles. The number of hydrogen-bond acceptors (Lipinski definition) is 5. The molecule has 9 heteroatoms. The fourth-order valence-corrected chi connectivity index (χ4v) is 4.59. The van der Waals surface area contributed by atoms with Crippen molar-refractivity contribution in [3.05, 3.63) is 29.0 Å². The zero-order chi connectivity index (χ0) is 15.2. The molecule has 1 aliphatic heterocycles. The van der Waals surface area contributed by atoms with Crippen molar-refractivity contribution in [3.8, 4) is 0 Å². The molecule has 7 nitrogen and oxygen atoms in total.